The molecule has 118 valence electrons. The number of para-hydroxylation sites is 1. The predicted molar refractivity (Wildman–Crippen MR) is 85.2 cm³/mol. The number of fused-ring (bicyclic) bond motifs is 1. The molecule has 1 heterocycles. The normalized spacial score (nSPS) is 10.6. The van der Waals surface area contributed by atoms with Gasteiger partial charge in [0.2, 0.25) is 0 Å². The van der Waals surface area contributed by atoms with Gasteiger partial charge in [0.15, 0.2) is 5.13 Å². The molecule has 23 heavy (non-hydrogen) atoms. The number of methoxy groups -OCH3 is 1. The van der Waals surface area contributed by atoms with Gasteiger partial charge in [-0.05, 0) is 24.3 Å². The first-order valence-electron chi connectivity index (χ1n) is 6.53. The quantitative estimate of drug-likeness (QED) is 0.753. The first-order valence-corrected chi connectivity index (χ1v) is 7.35. The molecular formula is C15H11F2N3O2S. The number of ether oxygens (including phenoxy) is 1. The Balaban J connectivity index is 1.77. The van der Waals surface area contributed by atoms with Crippen LogP contribution in [0.4, 0.5) is 24.4 Å². The average Bonchev–Trinajstić information content (AvgIpc) is 2.92. The number of aromatic nitrogens is 1. The molecule has 0 atom stereocenters. The lowest BCUT2D eigenvalue weighted by Crippen LogP contribution is -2.20. The minimum Gasteiger partial charge on any atom is -0.494 e. The van der Waals surface area contributed by atoms with Crippen molar-refractivity contribution in [2.24, 2.45) is 0 Å². The van der Waals surface area contributed by atoms with Crippen LogP contribution in [-0.4, -0.2) is 18.1 Å². The number of benzene rings is 2. The van der Waals surface area contributed by atoms with E-state index in [1.54, 1.807) is 6.07 Å². The van der Waals surface area contributed by atoms with Crippen LogP contribution in [0.15, 0.2) is 36.4 Å². The monoisotopic (exact) mass is 335 g/mol. The summed E-state index contributed by atoms with van der Waals surface area (Å²) < 4.78 is 32.4. The van der Waals surface area contributed by atoms with Crippen LogP contribution in [0.2, 0.25) is 0 Å². The van der Waals surface area contributed by atoms with E-state index in [9.17, 15) is 13.6 Å². The molecule has 2 aromatic carbocycles. The van der Waals surface area contributed by atoms with Gasteiger partial charge < -0.3 is 10.1 Å². The van der Waals surface area contributed by atoms with E-state index in [0.29, 0.717) is 22.5 Å². The minimum atomic E-state index is -0.855. The van der Waals surface area contributed by atoms with Crippen molar-refractivity contribution in [2.45, 2.75) is 0 Å². The summed E-state index contributed by atoms with van der Waals surface area (Å²) in [7, 11) is 1.53. The number of hydrogen-bond donors (Lipinski definition) is 2. The SMILES string of the molecule is COc1cccc2sc(NC(=O)Nc3ccc(F)cc3F)nc12. The highest BCUT2D eigenvalue weighted by Gasteiger charge is 2.12. The van der Waals surface area contributed by atoms with Gasteiger partial charge in [0.05, 0.1) is 17.5 Å². The van der Waals surface area contributed by atoms with Crippen molar-refractivity contribution in [1.82, 2.24) is 4.98 Å². The van der Waals surface area contributed by atoms with Gasteiger partial charge in [-0.15, -0.1) is 0 Å². The van der Waals surface area contributed by atoms with Crippen LogP contribution < -0.4 is 15.4 Å². The number of rotatable bonds is 3. The van der Waals surface area contributed by atoms with Gasteiger partial charge in [-0.25, -0.2) is 18.6 Å². The van der Waals surface area contributed by atoms with Crippen molar-refractivity contribution in [1.29, 1.82) is 0 Å². The Kier molecular flexibility index (Phi) is 4.07. The van der Waals surface area contributed by atoms with Gasteiger partial charge in [0.1, 0.15) is 22.9 Å². The largest absolute Gasteiger partial charge is 0.494 e. The van der Waals surface area contributed by atoms with Gasteiger partial charge in [-0.2, -0.15) is 0 Å². The van der Waals surface area contributed by atoms with Gasteiger partial charge in [0, 0.05) is 6.07 Å². The standard InChI is InChI=1S/C15H11F2N3O2S/c1-22-11-3-2-4-12-13(11)19-15(23-12)20-14(21)18-10-6-5-8(16)7-9(10)17/h2-7H,1H3,(H2,18,19,20,21). The molecule has 2 N–H and O–H groups in total. The molecule has 0 saturated heterocycles. The van der Waals surface area contributed by atoms with E-state index >= 15 is 0 Å². The minimum absolute atomic E-state index is 0.123. The second kappa shape index (κ2) is 6.17. The van der Waals surface area contributed by atoms with Crippen LogP contribution >= 0.6 is 11.3 Å². The Morgan fingerprint density at radius 1 is 1.22 bits per heavy atom. The summed E-state index contributed by atoms with van der Waals surface area (Å²) in [5, 5.41) is 5.15. The van der Waals surface area contributed by atoms with E-state index < -0.39 is 17.7 Å². The molecule has 1 aromatic heterocycles. The van der Waals surface area contributed by atoms with E-state index in [1.165, 1.54) is 18.4 Å². The lowest BCUT2D eigenvalue weighted by atomic mass is 10.3. The third kappa shape index (κ3) is 3.21. The summed E-state index contributed by atoms with van der Waals surface area (Å²) in [6.07, 6.45) is 0. The molecule has 0 aliphatic heterocycles. The predicted octanol–water partition coefficient (Wildman–Crippen LogP) is 4.23. The summed E-state index contributed by atoms with van der Waals surface area (Å²) in [6, 6.07) is 7.65. The second-order valence-electron chi connectivity index (χ2n) is 4.53. The van der Waals surface area contributed by atoms with E-state index in [4.69, 9.17) is 4.74 Å². The Bertz CT molecular complexity index is 882. The number of carbonyl (C=O) groups excluding carboxylic acids is 1. The van der Waals surface area contributed by atoms with Crippen LogP contribution in [0.5, 0.6) is 5.75 Å². The van der Waals surface area contributed by atoms with Crippen molar-refractivity contribution in [2.75, 3.05) is 17.7 Å². The molecule has 3 rings (SSSR count). The number of carbonyl (C=O) groups is 1. The molecule has 0 fully saturated rings. The fourth-order valence-corrected chi connectivity index (χ4v) is 2.86. The highest BCUT2D eigenvalue weighted by Crippen LogP contribution is 2.32. The first kappa shape index (κ1) is 15.2. The number of anilines is 2. The Labute approximate surface area is 133 Å². The van der Waals surface area contributed by atoms with Gasteiger partial charge in [-0.1, -0.05) is 17.4 Å². The fourth-order valence-electron chi connectivity index (χ4n) is 1.98. The molecule has 0 saturated carbocycles. The molecule has 8 heteroatoms. The van der Waals surface area contributed by atoms with Gasteiger partial charge >= 0.3 is 6.03 Å². The molecule has 5 nitrogen and oxygen atoms in total. The third-order valence-corrected chi connectivity index (χ3v) is 3.94. The fraction of sp³-hybridized carbons (Fsp3) is 0.0667. The number of thiazole rings is 1. The van der Waals surface area contributed by atoms with Crippen molar-refractivity contribution >= 4 is 38.4 Å². The summed E-state index contributed by atoms with van der Waals surface area (Å²) in [5.74, 6) is -0.977. The molecule has 0 aliphatic rings. The van der Waals surface area contributed by atoms with E-state index in [0.717, 1.165) is 16.8 Å². The van der Waals surface area contributed by atoms with Crippen LogP contribution in [0.1, 0.15) is 0 Å². The zero-order valence-electron chi connectivity index (χ0n) is 11.9. The highest BCUT2D eigenvalue weighted by molar-refractivity contribution is 7.22. The topological polar surface area (TPSA) is 63.2 Å². The lowest BCUT2D eigenvalue weighted by molar-refractivity contribution is 0.262. The summed E-state index contributed by atoms with van der Waals surface area (Å²) in [4.78, 5) is 16.2. The third-order valence-electron chi connectivity index (χ3n) is 3.00. The summed E-state index contributed by atoms with van der Waals surface area (Å²) in [5.41, 5.74) is 0.505. The van der Waals surface area contributed by atoms with Crippen LogP contribution in [0, 0.1) is 11.6 Å². The Morgan fingerprint density at radius 3 is 2.78 bits per heavy atom. The Morgan fingerprint density at radius 2 is 2.04 bits per heavy atom. The summed E-state index contributed by atoms with van der Waals surface area (Å²) >= 11 is 1.26. The number of nitrogens with one attached hydrogen (secondary N) is 2. The maximum absolute atomic E-state index is 13.5. The smallest absolute Gasteiger partial charge is 0.325 e. The number of amides is 2. The van der Waals surface area contributed by atoms with Crippen LogP contribution in [0.3, 0.4) is 0 Å². The van der Waals surface area contributed by atoms with Gasteiger partial charge in [-0.3, -0.25) is 5.32 Å². The molecule has 0 radical (unpaired) electrons. The maximum Gasteiger partial charge on any atom is 0.325 e. The lowest BCUT2D eigenvalue weighted by Gasteiger charge is -2.06. The van der Waals surface area contributed by atoms with Crippen LogP contribution in [-0.2, 0) is 0 Å². The van der Waals surface area contributed by atoms with Crippen molar-refractivity contribution < 1.29 is 18.3 Å². The highest BCUT2D eigenvalue weighted by atomic mass is 32.1. The first-order chi connectivity index (χ1) is 11.1. The van der Waals surface area contributed by atoms with Crippen molar-refractivity contribution in [3.8, 4) is 5.75 Å². The molecule has 3 aromatic rings. The number of urea groups is 1. The zero-order chi connectivity index (χ0) is 16.4. The molecular weight excluding hydrogens is 324 g/mol. The number of hydrogen-bond acceptors (Lipinski definition) is 4. The zero-order valence-corrected chi connectivity index (χ0v) is 12.7. The van der Waals surface area contributed by atoms with Gasteiger partial charge in [0.25, 0.3) is 0 Å². The second-order valence-corrected chi connectivity index (χ2v) is 5.56. The van der Waals surface area contributed by atoms with Crippen molar-refractivity contribution in [3.05, 3.63) is 48.0 Å². The van der Waals surface area contributed by atoms with E-state index in [2.05, 4.69) is 15.6 Å². The summed E-state index contributed by atoms with van der Waals surface area (Å²) in [6.45, 7) is 0. The van der Waals surface area contributed by atoms with E-state index in [-0.39, 0.29) is 5.69 Å². The number of nitrogens with zero attached hydrogens (tertiary/aromatic N) is 1. The molecule has 0 spiro atoms. The van der Waals surface area contributed by atoms with E-state index in [1.807, 2.05) is 12.1 Å². The maximum atomic E-state index is 13.5. The van der Waals surface area contributed by atoms with Crippen molar-refractivity contribution in [3.63, 3.8) is 0 Å². The Hall–Kier alpha value is -2.74. The molecule has 0 aliphatic carbocycles. The number of halogens is 2. The average molecular weight is 335 g/mol. The molecule has 0 unspecified atom stereocenters. The molecule has 0 bridgehead atoms. The van der Waals surface area contributed by atoms with Crippen LogP contribution in [0.25, 0.3) is 10.2 Å². The molecule has 2 amide bonds.